The molecule has 0 bridgehead atoms. The Labute approximate surface area is 293 Å². The van der Waals surface area contributed by atoms with Crippen molar-refractivity contribution in [3.63, 3.8) is 0 Å². The number of ether oxygens (including phenoxy) is 4. The highest BCUT2D eigenvalue weighted by atomic mass is 16.5. The van der Waals surface area contributed by atoms with Crippen molar-refractivity contribution in [2.75, 3.05) is 32.1 Å². The molecule has 2 fully saturated rings. The second-order valence-electron chi connectivity index (χ2n) is 13.5. The standard InChI is InChI=1S/C36H48N10O4/c1-24(12-13-47-5)50-35-33(21-46(43-35)32-10-8-31(9-11-32)44-18-25(2)48-26(3)19-44)42-36-39-16-30(17-40-36)28-6-7-29(15-37)34(14-28)49-27(4)20-45-23-38-22-41-45/h6-7,14,16-17,21-27,31-32H,8-13,18-20H2,1-5H3,(H,39,40,42)/t24-,25-,26+,27-,31?,32?/m0/s1. The summed E-state index contributed by atoms with van der Waals surface area (Å²) in [5, 5.41) is 22.1. The second kappa shape index (κ2) is 16.4. The number of morpholine rings is 1. The van der Waals surface area contributed by atoms with E-state index in [1.807, 2.05) is 32.2 Å². The molecular weight excluding hydrogens is 636 g/mol. The third-order valence-corrected chi connectivity index (χ3v) is 9.32. The molecule has 3 aromatic heterocycles. The number of hydrogen-bond acceptors (Lipinski definition) is 12. The number of methoxy groups -OCH3 is 1. The topological polar surface area (TPSA) is 150 Å². The summed E-state index contributed by atoms with van der Waals surface area (Å²) in [6.45, 7) is 11.4. The van der Waals surface area contributed by atoms with Gasteiger partial charge in [-0.15, -0.1) is 5.10 Å². The predicted octanol–water partition coefficient (Wildman–Crippen LogP) is 5.41. The Kier molecular flexibility index (Phi) is 11.6. The van der Waals surface area contributed by atoms with Crippen LogP contribution in [0.4, 0.5) is 11.6 Å². The van der Waals surface area contributed by atoms with Crippen LogP contribution < -0.4 is 14.8 Å². The summed E-state index contributed by atoms with van der Waals surface area (Å²) >= 11 is 0. The molecule has 1 aliphatic heterocycles. The lowest BCUT2D eigenvalue weighted by molar-refractivity contribution is -0.0852. The van der Waals surface area contributed by atoms with E-state index >= 15 is 0 Å². The number of rotatable bonds is 14. The van der Waals surface area contributed by atoms with E-state index in [1.165, 1.54) is 6.33 Å². The van der Waals surface area contributed by atoms with E-state index in [2.05, 4.69) is 54.9 Å². The van der Waals surface area contributed by atoms with Gasteiger partial charge in [-0.1, -0.05) is 6.07 Å². The summed E-state index contributed by atoms with van der Waals surface area (Å²) in [7, 11) is 1.69. The molecule has 4 heterocycles. The lowest BCUT2D eigenvalue weighted by Gasteiger charge is -2.42. The van der Waals surface area contributed by atoms with Crippen molar-refractivity contribution in [1.29, 1.82) is 5.26 Å². The van der Waals surface area contributed by atoms with Crippen molar-refractivity contribution >= 4 is 11.6 Å². The fourth-order valence-electron chi connectivity index (χ4n) is 6.87. The predicted molar refractivity (Wildman–Crippen MR) is 187 cm³/mol. The van der Waals surface area contributed by atoms with Crippen LogP contribution in [0.1, 0.15) is 71.4 Å². The van der Waals surface area contributed by atoms with Gasteiger partial charge in [-0.05, 0) is 71.1 Å². The molecular formula is C36H48N10O4. The zero-order valence-corrected chi connectivity index (χ0v) is 29.6. The molecule has 1 aromatic carbocycles. The summed E-state index contributed by atoms with van der Waals surface area (Å²) in [4.78, 5) is 15.8. The molecule has 0 unspecified atom stereocenters. The van der Waals surface area contributed by atoms with E-state index in [0.29, 0.717) is 42.3 Å². The van der Waals surface area contributed by atoms with Gasteiger partial charge >= 0.3 is 0 Å². The number of nitrogens with zero attached hydrogens (tertiary/aromatic N) is 9. The SMILES string of the molecule is COCC[C@H](C)Oc1nn(C2CCC(N3C[C@@H](C)O[C@@H](C)C3)CC2)cc1Nc1ncc(-c2ccc(C#N)c(O[C@@H](C)Cn3cncn3)c2)cn1. The largest absolute Gasteiger partial charge is 0.487 e. The number of benzene rings is 1. The van der Waals surface area contributed by atoms with Crippen LogP contribution in [0.15, 0.2) is 49.4 Å². The minimum absolute atomic E-state index is 0.0880. The summed E-state index contributed by atoms with van der Waals surface area (Å²) in [6.07, 6.45) is 13.9. The number of nitriles is 1. The molecule has 50 heavy (non-hydrogen) atoms. The Bertz CT molecular complexity index is 1690. The van der Waals surface area contributed by atoms with E-state index in [-0.39, 0.29) is 30.5 Å². The molecule has 14 heteroatoms. The van der Waals surface area contributed by atoms with Crippen molar-refractivity contribution < 1.29 is 18.9 Å². The Morgan fingerprint density at radius 2 is 1.74 bits per heavy atom. The first-order chi connectivity index (χ1) is 24.3. The van der Waals surface area contributed by atoms with Crippen molar-refractivity contribution in [3.05, 3.63) is 55.0 Å². The molecule has 14 nitrogen and oxygen atoms in total. The van der Waals surface area contributed by atoms with Gasteiger partial charge in [0, 0.05) is 57.2 Å². The van der Waals surface area contributed by atoms with E-state index in [4.69, 9.17) is 24.0 Å². The summed E-state index contributed by atoms with van der Waals surface area (Å²) < 4.78 is 27.5. The molecule has 0 amide bonds. The van der Waals surface area contributed by atoms with Crippen molar-refractivity contribution in [2.24, 2.45) is 0 Å². The monoisotopic (exact) mass is 684 g/mol. The fraction of sp³-hybridized carbons (Fsp3) is 0.556. The van der Waals surface area contributed by atoms with Crippen LogP contribution >= 0.6 is 0 Å². The number of anilines is 2. The van der Waals surface area contributed by atoms with Crippen LogP contribution in [-0.2, 0) is 16.0 Å². The zero-order valence-electron chi connectivity index (χ0n) is 29.6. The van der Waals surface area contributed by atoms with Crippen LogP contribution in [0.3, 0.4) is 0 Å². The fourth-order valence-corrected chi connectivity index (χ4v) is 6.87. The molecule has 4 aromatic rings. The van der Waals surface area contributed by atoms with E-state index in [1.54, 1.807) is 36.6 Å². The highest BCUT2D eigenvalue weighted by Crippen LogP contribution is 2.36. The molecule has 6 rings (SSSR count). The van der Waals surface area contributed by atoms with E-state index in [0.717, 1.165) is 62.0 Å². The van der Waals surface area contributed by atoms with Crippen molar-refractivity contribution in [3.8, 4) is 28.8 Å². The molecule has 2 aliphatic rings. The average Bonchev–Trinajstić information content (AvgIpc) is 3.77. The number of aromatic nitrogens is 7. The minimum atomic E-state index is -0.233. The van der Waals surface area contributed by atoms with Gasteiger partial charge in [0.2, 0.25) is 5.95 Å². The first-order valence-corrected chi connectivity index (χ1v) is 17.5. The molecule has 1 saturated heterocycles. The van der Waals surface area contributed by atoms with Gasteiger partial charge in [0.1, 0.15) is 36.3 Å². The van der Waals surface area contributed by atoms with Crippen LogP contribution in [0.2, 0.25) is 0 Å². The maximum absolute atomic E-state index is 9.69. The van der Waals surface area contributed by atoms with Crippen LogP contribution in [0.25, 0.3) is 11.1 Å². The van der Waals surface area contributed by atoms with E-state index < -0.39 is 0 Å². The Balaban J connectivity index is 1.14. The molecule has 4 atom stereocenters. The molecule has 0 radical (unpaired) electrons. The lowest BCUT2D eigenvalue weighted by Crippen LogP contribution is -2.51. The maximum Gasteiger partial charge on any atom is 0.257 e. The smallest absolute Gasteiger partial charge is 0.257 e. The van der Waals surface area contributed by atoms with Crippen LogP contribution in [-0.4, -0.2) is 96.7 Å². The van der Waals surface area contributed by atoms with Gasteiger partial charge in [-0.25, -0.2) is 19.6 Å². The van der Waals surface area contributed by atoms with Gasteiger partial charge < -0.3 is 24.3 Å². The first kappa shape index (κ1) is 35.3. The normalized spacial score (nSPS) is 22.4. The zero-order chi connectivity index (χ0) is 35.0. The number of nitrogens with one attached hydrogen (secondary N) is 1. The maximum atomic E-state index is 9.69. The molecule has 266 valence electrons. The summed E-state index contributed by atoms with van der Waals surface area (Å²) in [5.41, 5.74) is 2.78. The third kappa shape index (κ3) is 8.95. The third-order valence-electron chi connectivity index (χ3n) is 9.32. The van der Waals surface area contributed by atoms with Gasteiger partial charge in [-0.2, -0.15) is 10.4 Å². The highest BCUT2D eigenvalue weighted by Gasteiger charge is 2.32. The van der Waals surface area contributed by atoms with Gasteiger partial charge in [-0.3, -0.25) is 9.58 Å². The van der Waals surface area contributed by atoms with Crippen molar-refractivity contribution in [1.82, 2.24) is 39.4 Å². The first-order valence-electron chi connectivity index (χ1n) is 17.5. The quantitative estimate of drug-likeness (QED) is 0.181. The minimum Gasteiger partial charge on any atom is -0.487 e. The van der Waals surface area contributed by atoms with Crippen molar-refractivity contribution in [2.45, 2.75) is 103 Å². The van der Waals surface area contributed by atoms with Gasteiger partial charge in [0.05, 0.1) is 42.7 Å². The van der Waals surface area contributed by atoms with E-state index in [9.17, 15) is 5.26 Å². The Morgan fingerprint density at radius 1 is 1.00 bits per heavy atom. The van der Waals surface area contributed by atoms with Gasteiger partial charge in [0.15, 0.2) is 0 Å². The van der Waals surface area contributed by atoms with Crippen LogP contribution in [0, 0.1) is 11.3 Å². The summed E-state index contributed by atoms with van der Waals surface area (Å²) in [5.74, 6) is 1.43. The molecule has 1 aliphatic carbocycles. The summed E-state index contributed by atoms with van der Waals surface area (Å²) in [6, 6.07) is 8.53. The Morgan fingerprint density at radius 3 is 2.42 bits per heavy atom. The molecule has 1 N–H and O–H groups in total. The average molecular weight is 685 g/mol. The Hall–Kier alpha value is -4.58. The van der Waals surface area contributed by atoms with Crippen LogP contribution in [0.5, 0.6) is 11.6 Å². The number of hydrogen-bond donors (Lipinski definition) is 1. The molecule has 0 spiro atoms. The second-order valence-corrected chi connectivity index (χ2v) is 13.5. The molecule has 1 saturated carbocycles. The van der Waals surface area contributed by atoms with Gasteiger partial charge in [0.25, 0.3) is 5.88 Å². The highest BCUT2D eigenvalue weighted by molar-refractivity contribution is 5.67. The lowest BCUT2D eigenvalue weighted by atomic mass is 9.89.